The summed E-state index contributed by atoms with van der Waals surface area (Å²) in [5, 5.41) is 0. The molecular weight excluding hydrogens is 631 g/mol. The second-order valence-electron chi connectivity index (χ2n) is 16.0. The van der Waals surface area contributed by atoms with Gasteiger partial charge in [-0.2, -0.15) is 0 Å². The van der Waals surface area contributed by atoms with Crippen LogP contribution in [-0.2, 0) is 9.05 Å². The first-order valence-electron chi connectivity index (χ1n) is 23.6. The third-order valence-electron chi connectivity index (χ3n) is 10.9. The van der Waals surface area contributed by atoms with E-state index in [-0.39, 0.29) is 0 Å². The molecule has 0 spiro atoms. The van der Waals surface area contributed by atoms with E-state index in [1.54, 1.807) is 0 Å². The molecular formula is C46H95O3P. The fraction of sp³-hybridized carbons (Fsp3) is 1.00. The molecule has 3 nitrogen and oxygen atoms in total. The van der Waals surface area contributed by atoms with Gasteiger partial charge in [-0.1, -0.05) is 271 Å². The maximum absolute atomic E-state index is 10.0. The van der Waals surface area contributed by atoms with Gasteiger partial charge in [0, 0.05) is 0 Å². The molecule has 0 radical (unpaired) electrons. The number of hydrogen-bond acceptors (Lipinski definition) is 3. The smallest absolute Gasteiger partial charge is 0.328 e. The molecule has 1 N–H and O–H groups in total. The van der Waals surface area contributed by atoms with Crippen molar-refractivity contribution in [3.63, 3.8) is 0 Å². The van der Waals surface area contributed by atoms with Gasteiger partial charge in [0.15, 0.2) is 0 Å². The summed E-state index contributed by atoms with van der Waals surface area (Å²) < 4.78 is 11.1. The highest BCUT2D eigenvalue weighted by molar-refractivity contribution is 7.40. The SMILES string of the molecule is CCCCCCCCCCCCCCCCCCCCCCCOP(O)OCCCCCCCCCCCCCCCCCCCCCCC. The summed E-state index contributed by atoms with van der Waals surface area (Å²) in [6.07, 6.45) is 58.8. The third-order valence-corrected chi connectivity index (χ3v) is 11.7. The zero-order valence-electron chi connectivity index (χ0n) is 34.8. The first-order valence-corrected chi connectivity index (χ1v) is 24.7. The van der Waals surface area contributed by atoms with Crippen LogP contribution in [0.15, 0.2) is 0 Å². The summed E-state index contributed by atoms with van der Waals surface area (Å²) in [6, 6.07) is 0. The number of rotatable bonds is 46. The topological polar surface area (TPSA) is 38.7 Å². The van der Waals surface area contributed by atoms with Gasteiger partial charge in [0.1, 0.15) is 0 Å². The Kier molecular flexibility index (Phi) is 47.6. The zero-order chi connectivity index (χ0) is 36.1. The Morgan fingerprint density at radius 1 is 0.240 bits per heavy atom. The van der Waals surface area contributed by atoms with Crippen molar-refractivity contribution < 1.29 is 13.9 Å². The molecule has 0 aliphatic rings. The van der Waals surface area contributed by atoms with Gasteiger partial charge in [0.05, 0.1) is 13.2 Å². The van der Waals surface area contributed by atoms with Gasteiger partial charge >= 0.3 is 8.60 Å². The van der Waals surface area contributed by atoms with Crippen molar-refractivity contribution in [1.29, 1.82) is 0 Å². The molecule has 0 aromatic carbocycles. The molecule has 4 heteroatoms. The summed E-state index contributed by atoms with van der Waals surface area (Å²) in [5.41, 5.74) is 0. The summed E-state index contributed by atoms with van der Waals surface area (Å²) in [4.78, 5) is 10.0. The van der Waals surface area contributed by atoms with Crippen LogP contribution in [0.25, 0.3) is 0 Å². The molecule has 302 valence electrons. The molecule has 0 saturated heterocycles. The van der Waals surface area contributed by atoms with Crippen LogP contribution in [0.5, 0.6) is 0 Å². The Morgan fingerprint density at radius 3 is 0.540 bits per heavy atom. The predicted octanol–water partition coefficient (Wildman–Crippen LogP) is 17.7. The largest absolute Gasteiger partial charge is 0.329 e. The standard InChI is InChI=1S/C46H95O3P/c1-3-5-7-9-11-13-15-17-19-21-23-25-27-29-31-33-35-37-39-41-43-45-48-50(47)49-46-44-42-40-38-36-34-32-30-28-26-24-22-20-18-16-14-12-10-8-6-4-2/h47H,3-46H2,1-2H3. The lowest BCUT2D eigenvalue weighted by atomic mass is 10.0. The first-order chi connectivity index (χ1) is 24.8. The monoisotopic (exact) mass is 727 g/mol. The second kappa shape index (κ2) is 47.3. The average molecular weight is 727 g/mol. The second-order valence-corrected chi connectivity index (χ2v) is 17.0. The molecule has 0 aromatic rings. The Morgan fingerprint density at radius 2 is 0.380 bits per heavy atom. The summed E-state index contributed by atoms with van der Waals surface area (Å²) in [5.74, 6) is 0. The van der Waals surface area contributed by atoms with E-state index in [1.165, 1.54) is 257 Å². The lowest BCUT2D eigenvalue weighted by molar-refractivity contribution is 0.193. The molecule has 0 heterocycles. The van der Waals surface area contributed by atoms with Crippen molar-refractivity contribution in [2.45, 2.75) is 284 Å². The Bertz CT molecular complexity index is 526. The van der Waals surface area contributed by atoms with Gasteiger partial charge in [0.25, 0.3) is 0 Å². The number of hydrogen-bond donors (Lipinski definition) is 1. The van der Waals surface area contributed by atoms with Crippen LogP contribution >= 0.6 is 8.60 Å². The van der Waals surface area contributed by atoms with Crippen LogP contribution < -0.4 is 0 Å². The normalized spacial score (nSPS) is 11.8. The highest BCUT2D eigenvalue weighted by Crippen LogP contribution is 2.33. The fourth-order valence-corrected chi connectivity index (χ4v) is 8.04. The van der Waals surface area contributed by atoms with Gasteiger partial charge in [-0.3, -0.25) is 0 Å². The van der Waals surface area contributed by atoms with Crippen molar-refractivity contribution in [2.24, 2.45) is 0 Å². The van der Waals surface area contributed by atoms with Crippen LogP contribution in [0.4, 0.5) is 0 Å². The van der Waals surface area contributed by atoms with Crippen molar-refractivity contribution in [1.82, 2.24) is 0 Å². The zero-order valence-corrected chi connectivity index (χ0v) is 35.7. The maximum atomic E-state index is 10.0. The minimum absolute atomic E-state index is 0.639. The molecule has 0 bridgehead atoms. The van der Waals surface area contributed by atoms with Crippen molar-refractivity contribution in [3.05, 3.63) is 0 Å². The highest BCUT2D eigenvalue weighted by Gasteiger charge is 2.06. The minimum Gasteiger partial charge on any atom is -0.328 e. The van der Waals surface area contributed by atoms with Crippen LogP contribution in [0, 0.1) is 0 Å². The highest BCUT2D eigenvalue weighted by atomic mass is 31.2. The quantitative estimate of drug-likeness (QED) is 0.0501. The van der Waals surface area contributed by atoms with Crippen molar-refractivity contribution >= 4 is 8.60 Å². The molecule has 0 aliphatic carbocycles. The summed E-state index contributed by atoms with van der Waals surface area (Å²) in [6.45, 7) is 5.88. The van der Waals surface area contributed by atoms with Crippen LogP contribution in [0.3, 0.4) is 0 Å². The van der Waals surface area contributed by atoms with E-state index in [4.69, 9.17) is 9.05 Å². The molecule has 0 amide bonds. The van der Waals surface area contributed by atoms with Crippen molar-refractivity contribution in [2.75, 3.05) is 13.2 Å². The molecule has 0 rings (SSSR count). The Hall–Kier alpha value is 0.310. The maximum Gasteiger partial charge on any atom is 0.329 e. The minimum atomic E-state index is -1.67. The fourth-order valence-electron chi connectivity index (χ4n) is 7.39. The van der Waals surface area contributed by atoms with E-state index in [2.05, 4.69) is 13.8 Å². The van der Waals surface area contributed by atoms with Crippen LogP contribution in [-0.4, -0.2) is 18.1 Å². The van der Waals surface area contributed by atoms with E-state index in [1.807, 2.05) is 0 Å². The lowest BCUT2D eigenvalue weighted by Crippen LogP contribution is -1.95. The summed E-state index contributed by atoms with van der Waals surface area (Å²) in [7, 11) is -1.67. The third kappa shape index (κ3) is 46.3. The predicted molar refractivity (Wildman–Crippen MR) is 226 cm³/mol. The van der Waals surface area contributed by atoms with Gasteiger partial charge in [-0.25, -0.2) is 0 Å². The summed E-state index contributed by atoms with van der Waals surface area (Å²) >= 11 is 0. The molecule has 0 saturated carbocycles. The van der Waals surface area contributed by atoms with Gasteiger partial charge in [-0.15, -0.1) is 0 Å². The molecule has 0 unspecified atom stereocenters. The van der Waals surface area contributed by atoms with E-state index in [9.17, 15) is 4.89 Å². The van der Waals surface area contributed by atoms with Gasteiger partial charge in [-0.05, 0) is 12.8 Å². The van der Waals surface area contributed by atoms with E-state index >= 15 is 0 Å². The van der Waals surface area contributed by atoms with Crippen molar-refractivity contribution in [3.8, 4) is 0 Å². The molecule has 0 aliphatic heterocycles. The van der Waals surface area contributed by atoms with E-state index in [0.717, 1.165) is 12.8 Å². The molecule has 0 aromatic heterocycles. The average Bonchev–Trinajstić information content (AvgIpc) is 3.12. The number of unbranched alkanes of at least 4 members (excludes halogenated alkanes) is 40. The Balaban J connectivity index is 3.14. The van der Waals surface area contributed by atoms with Crippen LogP contribution in [0.2, 0.25) is 0 Å². The molecule has 0 fully saturated rings. The van der Waals surface area contributed by atoms with Gasteiger partial charge in [0.2, 0.25) is 0 Å². The van der Waals surface area contributed by atoms with E-state index < -0.39 is 8.60 Å². The van der Waals surface area contributed by atoms with Gasteiger partial charge < -0.3 is 13.9 Å². The van der Waals surface area contributed by atoms with E-state index in [0.29, 0.717) is 13.2 Å². The van der Waals surface area contributed by atoms with Crippen LogP contribution in [0.1, 0.15) is 284 Å². The first kappa shape index (κ1) is 50.3. The molecule has 0 atom stereocenters. The molecule has 50 heavy (non-hydrogen) atoms. The lowest BCUT2D eigenvalue weighted by Gasteiger charge is -2.10. The Labute approximate surface area is 318 Å².